The highest BCUT2D eigenvalue weighted by Crippen LogP contribution is 2.40. The molecule has 2 amide bonds. The number of hydrogen-bond acceptors (Lipinski definition) is 4. The highest BCUT2D eigenvalue weighted by atomic mass is 16.4. The molecule has 0 spiro atoms. The van der Waals surface area contributed by atoms with E-state index in [-0.39, 0.29) is 11.9 Å². The summed E-state index contributed by atoms with van der Waals surface area (Å²) in [6, 6.07) is 6.90. The molecule has 7 heteroatoms. The van der Waals surface area contributed by atoms with Crippen LogP contribution in [0.25, 0.3) is 0 Å². The van der Waals surface area contributed by atoms with Crippen molar-refractivity contribution in [3.8, 4) is 6.07 Å². The minimum Gasteiger partial charge on any atom is -0.465 e. The van der Waals surface area contributed by atoms with Gasteiger partial charge in [-0.15, -0.1) is 0 Å². The van der Waals surface area contributed by atoms with Gasteiger partial charge < -0.3 is 20.2 Å². The fourth-order valence-electron chi connectivity index (χ4n) is 5.43. The molecule has 4 rings (SSSR count). The standard InChI is InChI=1S/C24H30N4O3/c1-15(2)17-4-6-18(7-5-17)27-11-9-19(10-12-27)28-21-8-3-16(14-25)13-20(21)22(23(28)29)26-24(30)31/h3,8,13,18-19,22,26H,4-7,9-12H2,1-2H3,(H,30,31). The van der Waals surface area contributed by atoms with E-state index in [1.807, 2.05) is 0 Å². The molecule has 1 atom stereocenters. The second-order valence-corrected chi connectivity index (χ2v) is 9.08. The lowest BCUT2D eigenvalue weighted by Gasteiger charge is -2.42. The zero-order valence-corrected chi connectivity index (χ0v) is 18.2. The molecule has 1 aliphatic carbocycles. The van der Waals surface area contributed by atoms with Crippen LogP contribution >= 0.6 is 0 Å². The molecule has 1 saturated heterocycles. The third-order valence-corrected chi connectivity index (χ3v) is 7.13. The summed E-state index contributed by atoms with van der Waals surface area (Å²) in [5.74, 6) is -0.239. The van der Waals surface area contributed by atoms with Crippen molar-refractivity contribution in [2.45, 2.75) is 70.5 Å². The van der Waals surface area contributed by atoms with Crippen LogP contribution in [0.1, 0.15) is 69.5 Å². The monoisotopic (exact) mass is 422 g/mol. The van der Waals surface area contributed by atoms with Crippen molar-refractivity contribution in [1.29, 1.82) is 5.26 Å². The van der Waals surface area contributed by atoms with Crippen LogP contribution in [0, 0.1) is 11.3 Å². The number of fused-ring (bicyclic) bond motifs is 1. The van der Waals surface area contributed by atoms with Crippen LogP contribution in [0.2, 0.25) is 0 Å². The Kier molecular flexibility index (Phi) is 6.01. The molecule has 3 aliphatic rings. The lowest BCUT2D eigenvalue weighted by Crippen LogP contribution is -2.50. The number of hydrogen-bond donors (Lipinski definition) is 2. The van der Waals surface area contributed by atoms with E-state index in [0.29, 0.717) is 17.2 Å². The van der Waals surface area contributed by atoms with E-state index in [9.17, 15) is 20.0 Å². The maximum Gasteiger partial charge on any atom is 0.405 e. The Morgan fingerprint density at radius 3 is 2.39 bits per heavy atom. The third kappa shape index (κ3) is 4.17. The first-order valence-electron chi connectivity index (χ1n) is 11.1. The lowest BCUT2D eigenvalue weighted by molar-refractivity contribution is -0.120. The minimum absolute atomic E-state index is 0.0490. The Balaban J connectivity index is 1.46. The Hall–Kier alpha value is -2.85. The van der Waals surface area contributed by atoms with Gasteiger partial charge in [0.15, 0.2) is 0 Å². The summed E-state index contributed by atoms with van der Waals surface area (Å²) < 4.78 is 0. The van der Waals surface area contributed by atoms with Gasteiger partial charge in [0, 0.05) is 36.4 Å². The predicted molar refractivity (Wildman–Crippen MR) is 118 cm³/mol. The van der Waals surface area contributed by atoms with Gasteiger partial charge in [0.05, 0.1) is 11.6 Å². The molecule has 2 heterocycles. The molecule has 0 aromatic heterocycles. The molecule has 2 fully saturated rings. The predicted octanol–water partition coefficient (Wildman–Crippen LogP) is 3.96. The number of nitrogens with zero attached hydrogens (tertiary/aromatic N) is 3. The van der Waals surface area contributed by atoms with Crippen LogP contribution in [0.15, 0.2) is 29.3 Å². The molecule has 1 unspecified atom stereocenters. The Bertz CT molecular complexity index is 942. The van der Waals surface area contributed by atoms with Crippen LogP contribution < -0.4 is 10.2 Å². The number of benzene rings is 1. The molecule has 1 saturated carbocycles. The van der Waals surface area contributed by atoms with E-state index in [4.69, 9.17) is 0 Å². The van der Waals surface area contributed by atoms with Crippen LogP contribution in [-0.2, 0) is 4.79 Å². The van der Waals surface area contributed by atoms with Crippen LogP contribution in [0.3, 0.4) is 0 Å². The third-order valence-electron chi connectivity index (χ3n) is 7.13. The topological polar surface area (TPSA) is 96.7 Å². The van der Waals surface area contributed by atoms with Gasteiger partial charge in [0.25, 0.3) is 5.91 Å². The van der Waals surface area contributed by atoms with E-state index >= 15 is 0 Å². The second-order valence-electron chi connectivity index (χ2n) is 9.08. The molecule has 2 aliphatic heterocycles. The van der Waals surface area contributed by atoms with Crippen molar-refractivity contribution in [1.82, 2.24) is 10.2 Å². The number of carbonyl (C=O) groups is 2. The maximum absolute atomic E-state index is 13.2. The molecule has 31 heavy (non-hydrogen) atoms. The summed E-state index contributed by atoms with van der Waals surface area (Å²) in [4.78, 5) is 28.8. The van der Waals surface area contributed by atoms with Crippen LogP contribution in [-0.4, -0.2) is 47.2 Å². The molecular weight excluding hydrogens is 392 g/mol. The number of anilines is 1. The molecule has 2 N–H and O–H groups in total. The number of nitriles is 1. The Morgan fingerprint density at radius 2 is 1.81 bits per heavy atom. The van der Waals surface area contributed by atoms with Crippen molar-refractivity contribution < 1.29 is 14.7 Å². The molecular formula is C24H30N4O3. The zero-order chi connectivity index (χ0) is 22.1. The van der Waals surface area contributed by atoms with Gasteiger partial charge in [-0.1, -0.05) is 11.1 Å². The molecule has 0 radical (unpaired) electrons. The van der Waals surface area contributed by atoms with Crippen molar-refractivity contribution in [2.75, 3.05) is 18.0 Å². The fourth-order valence-corrected chi connectivity index (χ4v) is 5.43. The highest BCUT2D eigenvalue weighted by molar-refractivity contribution is 6.06. The first kappa shape index (κ1) is 21.4. The first-order chi connectivity index (χ1) is 14.9. The summed E-state index contributed by atoms with van der Waals surface area (Å²) in [6.07, 6.45) is 5.30. The first-order valence-corrected chi connectivity index (χ1v) is 11.1. The number of amides is 2. The minimum atomic E-state index is -1.24. The molecule has 7 nitrogen and oxygen atoms in total. The normalized spacial score (nSPS) is 24.6. The van der Waals surface area contributed by atoms with Gasteiger partial charge in [-0.25, -0.2) is 4.79 Å². The van der Waals surface area contributed by atoms with Crippen molar-refractivity contribution >= 4 is 17.7 Å². The number of nitrogens with one attached hydrogen (secondary N) is 1. The maximum atomic E-state index is 13.2. The molecule has 164 valence electrons. The van der Waals surface area contributed by atoms with E-state index in [1.54, 1.807) is 28.7 Å². The Morgan fingerprint density at radius 1 is 1.13 bits per heavy atom. The lowest BCUT2D eigenvalue weighted by atomic mass is 9.86. The highest BCUT2D eigenvalue weighted by Gasteiger charge is 2.43. The average Bonchev–Trinajstić information content (AvgIpc) is 3.04. The van der Waals surface area contributed by atoms with Crippen molar-refractivity contribution in [3.05, 3.63) is 40.5 Å². The number of piperidine rings is 1. The van der Waals surface area contributed by atoms with Gasteiger partial charge in [-0.3, -0.25) is 4.79 Å². The summed E-state index contributed by atoms with van der Waals surface area (Å²) >= 11 is 0. The molecule has 1 aromatic carbocycles. The van der Waals surface area contributed by atoms with E-state index in [2.05, 4.69) is 30.1 Å². The Labute approximate surface area is 183 Å². The molecule has 0 bridgehead atoms. The molecule has 1 aromatic rings. The van der Waals surface area contributed by atoms with Gasteiger partial charge in [-0.2, -0.15) is 5.26 Å². The fraction of sp³-hybridized carbons (Fsp3) is 0.542. The van der Waals surface area contributed by atoms with Crippen molar-refractivity contribution in [3.63, 3.8) is 0 Å². The number of carboxylic acid groups (broad SMARTS) is 1. The van der Waals surface area contributed by atoms with E-state index in [0.717, 1.165) is 31.6 Å². The second kappa shape index (κ2) is 8.72. The number of carbonyl (C=O) groups excluding carboxylic acids is 1. The summed E-state index contributed by atoms with van der Waals surface area (Å²) in [5.41, 5.74) is 4.81. The van der Waals surface area contributed by atoms with Crippen molar-refractivity contribution in [2.24, 2.45) is 0 Å². The van der Waals surface area contributed by atoms with Crippen LogP contribution in [0.4, 0.5) is 10.5 Å². The van der Waals surface area contributed by atoms with Gasteiger partial charge in [0.2, 0.25) is 0 Å². The van der Waals surface area contributed by atoms with Gasteiger partial charge in [-0.05, 0) is 70.6 Å². The summed E-state index contributed by atoms with van der Waals surface area (Å²) in [7, 11) is 0. The number of allylic oxidation sites excluding steroid dienone is 2. The van der Waals surface area contributed by atoms with Crippen LogP contribution in [0.5, 0.6) is 0 Å². The van der Waals surface area contributed by atoms with E-state index in [1.165, 1.54) is 31.3 Å². The zero-order valence-electron chi connectivity index (χ0n) is 18.2. The largest absolute Gasteiger partial charge is 0.465 e. The summed E-state index contributed by atoms with van der Waals surface area (Å²) in [6.45, 7) is 6.31. The summed E-state index contributed by atoms with van der Waals surface area (Å²) in [5, 5.41) is 20.8. The van der Waals surface area contributed by atoms with Gasteiger partial charge >= 0.3 is 6.09 Å². The quantitative estimate of drug-likeness (QED) is 0.719. The van der Waals surface area contributed by atoms with Gasteiger partial charge in [0.1, 0.15) is 6.04 Å². The average molecular weight is 423 g/mol. The number of likely N-dealkylation sites (tertiary alicyclic amines) is 1. The smallest absolute Gasteiger partial charge is 0.405 e. The van der Waals surface area contributed by atoms with E-state index < -0.39 is 12.1 Å². The SMILES string of the molecule is CC(C)=C1CCC(N2CCC(N3C(=O)C(NC(=O)O)c4cc(C#N)ccc43)CC2)CC1. The number of rotatable bonds is 3.